The van der Waals surface area contributed by atoms with E-state index in [9.17, 15) is 0 Å². The first-order chi connectivity index (χ1) is 34.6. The first-order valence-corrected chi connectivity index (χ1v) is 29.4. The Labute approximate surface area is 448 Å². The molecule has 3 nitrogen and oxygen atoms in total. The predicted molar refractivity (Wildman–Crippen MR) is 321 cm³/mol. The fraction of sp³-hybridized carbons (Fsp3) is 0.182. The number of hydrogen-bond donors (Lipinski definition) is 0. The van der Waals surface area contributed by atoms with E-state index in [0.29, 0.717) is 0 Å². The molecule has 0 heterocycles. The third-order valence-corrected chi connectivity index (χ3v) is 19.3. The van der Waals surface area contributed by atoms with Crippen LogP contribution in [0.15, 0.2) is 255 Å². The summed E-state index contributed by atoms with van der Waals surface area (Å²) in [6.07, 6.45) is 0. The van der Waals surface area contributed by atoms with E-state index in [2.05, 4.69) is 317 Å². The first-order valence-electron chi connectivity index (χ1n) is 24.9. The number of benzene rings is 9. The smallest absolute Gasteiger partial charge is 0.120 e. The van der Waals surface area contributed by atoms with E-state index >= 15 is 0 Å². The van der Waals surface area contributed by atoms with E-state index in [4.69, 9.17) is 14.2 Å². The van der Waals surface area contributed by atoms with Crippen LogP contribution in [0.2, 0.25) is 0 Å². The van der Waals surface area contributed by atoms with E-state index in [0.717, 1.165) is 17.2 Å². The molecule has 9 aromatic carbocycles. The Morgan fingerprint density at radius 2 is 0.333 bits per heavy atom. The van der Waals surface area contributed by atoms with Gasteiger partial charge in [-0.05, 0) is 208 Å². The van der Waals surface area contributed by atoms with Gasteiger partial charge in [-0.3, -0.25) is 0 Å². The van der Waals surface area contributed by atoms with Gasteiger partial charge in [0.05, 0.1) is 23.8 Å². The lowest BCUT2D eigenvalue weighted by Crippen LogP contribution is -3.00. The summed E-state index contributed by atoms with van der Waals surface area (Å²) >= 11 is 0. The van der Waals surface area contributed by atoms with Crippen molar-refractivity contribution in [1.82, 2.24) is 0 Å². The average Bonchev–Trinajstić information content (AvgIpc) is 3.37. The van der Waals surface area contributed by atoms with Crippen molar-refractivity contribution in [3.05, 3.63) is 255 Å². The highest BCUT2D eigenvalue weighted by molar-refractivity contribution is 7.80. The minimum Gasteiger partial charge on any atom is -1.00 e. The average molecular weight is 1060 g/mol. The van der Waals surface area contributed by atoms with Crippen LogP contribution in [0.1, 0.15) is 62.3 Å². The van der Waals surface area contributed by atoms with Crippen LogP contribution >= 0.6 is 23.8 Å². The molecule has 0 aliphatic heterocycles. The van der Waals surface area contributed by atoms with Crippen molar-refractivity contribution in [2.45, 2.75) is 79.1 Å². The van der Waals surface area contributed by atoms with Crippen LogP contribution < -0.4 is 76.1 Å². The van der Waals surface area contributed by atoms with Crippen LogP contribution in [0.25, 0.3) is 0 Å². The minimum atomic E-state index is -0.992. The monoisotopic (exact) mass is 1060 g/mol. The molecule has 0 amide bonds. The third kappa shape index (κ3) is 19.3. The van der Waals surface area contributed by atoms with Crippen LogP contribution in [0.3, 0.4) is 0 Å². The fourth-order valence-corrected chi connectivity index (χ4v) is 15.9. The van der Waals surface area contributed by atoms with Crippen molar-refractivity contribution < 1.29 is 28.3 Å². The van der Waals surface area contributed by atoms with Gasteiger partial charge in [-0.25, -0.2) is 0 Å². The molecule has 0 unspecified atom stereocenters. The summed E-state index contributed by atoms with van der Waals surface area (Å²) in [5.41, 5.74) is -0.517. The van der Waals surface area contributed by atoms with E-state index in [1.807, 2.05) is 0 Å². The summed E-state index contributed by atoms with van der Waals surface area (Å²) < 4.78 is 17.9. The SMILES string of the molecule is CC(C)(C)Oc1ccc([PH+](c2ccccc2)c2ccccc2)cc1.CC(C)(C)Oc1ccc([PH+](c2ccccc2)c2ccccc2)cc1.CC(C)(C)Oc1ccc([PH+](c2ccccc2)c2ccccc2)cc1.[F-].[F-].[F-]. The van der Waals surface area contributed by atoms with Crippen molar-refractivity contribution in [2.24, 2.45) is 0 Å². The number of hydrogen-bond acceptors (Lipinski definition) is 3. The van der Waals surface area contributed by atoms with Crippen molar-refractivity contribution in [1.29, 1.82) is 0 Å². The Hall–Kier alpha value is -6.54. The molecule has 9 aromatic rings. The van der Waals surface area contributed by atoms with E-state index in [-0.39, 0.29) is 30.9 Å². The van der Waals surface area contributed by atoms with Crippen LogP contribution in [0.5, 0.6) is 17.2 Å². The number of rotatable bonds is 12. The highest BCUT2D eigenvalue weighted by atomic mass is 31.1. The zero-order valence-electron chi connectivity index (χ0n) is 44.6. The predicted octanol–water partition coefficient (Wildman–Crippen LogP) is 4.08. The van der Waals surface area contributed by atoms with Crippen LogP contribution in [-0.4, -0.2) is 16.8 Å². The Morgan fingerprint density at radius 1 is 0.200 bits per heavy atom. The van der Waals surface area contributed by atoms with Gasteiger partial charge in [0.25, 0.3) is 0 Å². The van der Waals surface area contributed by atoms with E-state index in [1.54, 1.807) is 0 Å². The van der Waals surface area contributed by atoms with E-state index in [1.165, 1.54) is 47.7 Å². The molecule has 9 rings (SSSR count). The van der Waals surface area contributed by atoms with Gasteiger partial charge in [0, 0.05) is 0 Å². The Kier molecular flexibility index (Phi) is 23.5. The van der Waals surface area contributed by atoms with Gasteiger partial charge in [0.15, 0.2) is 0 Å². The molecule has 0 aliphatic carbocycles. The second-order valence-electron chi connectivity index (χ2n) is 20.5. The van der Waals surface area contributed by atoms with Crippen LogP contribution in [0.4, 0.5) is 0 Å². The number of halogens is 3. The molecular formula is C66H72F3O3P3. The Morgan fingerprint density at radius 3 is 0.467 bits per heavy atom. The maximum atomic E-state index is 5.96. The zero-order valence-corrected chi connectivity index (χ0v) is 47.6. The minimum absolute atomic E-state index is 0. The van der Waals surface area contributed by atoms with E-state index < -0.39 is 23.8 Å². The summed E-state index contributed by atoms with van der Waals surface area (Å²) in [5.74, 6) is 2.77. The molecule has 0 spiro atoms. The summed E-state index contributed by atoms with van der Waals surface area (Å²) in [6.45, 7) is 18.7. The lowest BCUT2D eigenvalue weighted by molar-refractivity contribution is -0.00100. The number of ether oxygens (including phenoxy) is 3. The molecule has 0 saturated carbocycles. The van der Waals surface area contributed by atoms with Crippen molar-refractivity contribution in [3.8, 4) is 17.2 Å². The molecule has 0 saturated heterocycles. The second-order valence-corrected chi connectivity index (χ2v) is 28.0. The second kappa shape index (κ2) is 28.9. The molecule has 0 fully saturated rings. The molecule has 0 aliphatic rings. The standard InChI is InChI=1S/3C22H23OP.3FH/c3*1-22(2,3)23-18-14-16-21(17-15-18)24(19-10-6-4-7-11-19)20-12-8-5-9-13-20;;;/h3*4-17H,1-3H3;3*1H. The van der Waals surface area contributed by atoms with Crippen molar-refractivity contribution in [3.63, 3.8) is 0 Å². The van der Waals surface area contributed by atoms with Gasteiger partial charge in [-0.15, -0.1) is 0 Å². The largest absolute Gasteiger partial charge is 1.00 e. The fourth-order valence-electron chi connectivity index (χ4n) is 8.26. The topological polar surface area (TPSA) is 27.7 Å². The molecule has 75 heavy (non-hydrogen) atoms. The van der Waals surface area contributed by atoms with Crippen LogP contribution in [-0.2, 0) is 0 Å². The lowest BCUT2D eigenvalue weighted by atomic mass is 10.2. The highest BCUT2D eigenvalue weighted by Gasteiger charge is 2.28. The molecular weight excluding hydrogens is 991 g/mol. The molecule has 390 valence electrons. The maximum Gasteiger partial charge on any atom is 0.120 e. The lowest BCUT2D eigenvalue weighted by Gasteiger charge is -2.21. The molecule has 0 N–H and O–H groups in total. The molecule has 0 atom stereocenters. The normalized spacial score (nSPS) is 11.0. The van der Waals surface area contributed by atoms with Gasteiger partial charge in [-0.1, -0.05) is 109 Å². The molecule has 9 heteroatoms. The summed E-state index contributed by atoms with van der Waals surface area (Å²) in [6, 6.07) is 90.7. The first kappa shape index (κ1) is 61.0. The highest BCUT2D eigenvalue weighted by Crippen LogP contribution is 2.36. The molecule has 0 bridgehead atoms. The van der Waals surface area contributed by atoms with Gasteiger partial charge in [0.1, 0.15) is 81.8 Å². The third-order valence-electron chi connectivity index (χ3n) is 11.1. The zero-order chi connectivity index (χ0) is 51.0. The van der Waals surface area contributed by atoms with Gasteiger partial charge >= 0.3 is 0 Å². The Bertz CT molecular complexity index is 2500. The molecule has 0 radical (unpaired) electrons. The van der Waals surface area contributed by atoms with Crippen molar-refractivity contribution >= 4 is 71.5 Å². The molecule has 0 aromatic heterocycles. The van der Waals surface area contributed by atoms with Gasteiger partial charge in [-0.2, -0.15) is 0 Å². The van der Waals surface area contributed by atoms with Crippen molar-refractivity contribution in [2.75, 3.05) is 0 Å². The van der Waals surface area contributed by atoms with Crippen LogP contribution in [0, 0.1) is 0 Å². The van der Waals surface area contributed by atoms with Gasteiger partial charge < -0.3 is 28.3 Å². The van der Waals surface area contributed by atoms with Gasteiger partial charge in [0.2, 0.25) is 0 Å². The summed E-state index contributed by atoms with van der Waals surface area (Å²) in [7, 11) is -2.98. The Balaban J connectivity index is 0.000000239. The summed E-state index contributed by atoms with van der Waals surface area (Å²) in [4.78, 5) is 0. The maximum absolute atomic E-state index is 5.96. The quantitative estimate of drug-likeness (QED) is 0.173. The summed E-state index contributed by atoms with van der Waals surface area (Å²) in [5, 5.41) is 12.5.